The summed E-state index contributed by atoms with van der Waals surface area (Å²) < 4.78 is 2.58. The molecule has 0 aliphatic rings. The van der Waals surface area contributed by atoms with Crippen LogP contribution in [-0.4, -0.2) is 52.8 Å². The van der Waals surface area contributed by atoms with Crippen LogP contribution in [0.2, 0.25) is 5.02 Å². The van der Waals surface area contributed by atoms with Crippen molar-refractivity contribution in [2.45, 2.75) is 6.92 Å². The fraction of sp³-hybridized carbons (Fsp3) is 0.353. The number of rotatable bonds is 5. The van der Waals surface area contributed by atoms with Gasteiger partial charge in [0.05, 0.1) is 15.9 Å². The third-order valence-corrected chi connectivity index (χ3v) is 5.08. The predicted octanol–water partition coefficient (Wildman–Crippen LogP) is 3.62. The molecule has 0 radical (unpaired) electrons. The van der Waals surface area contributed by atoms with Gasteiger partial charge >= 0.3 is 0 Å². The van der Waals surface area contributed by atoms with Gasteiger partial charge in [0, 0.05) is 25.2 Å². The zero-order valence-electron chi connectivity index (χ0n) is 15.1. The van der Waals surface area contributed by atoms with Crippen LogP contribution in [0.3, 0.4) is 0 Å². The molecule has 2 heterocycles. The van der Waals surface area contributed by atoms with Crippen LogP contribution in [0.25, 0.3) is 10.2 Å². The molecule has 6 nitrogen and oxygen atoms in total. The van der Waals surface area contributed by atoms with Gasteiger partial charge in [0.15, 0.2) is 5.13 Å². The van der Waals surface area contributed by atoms with Crippen LogP contribution in [0, 0.1) is 6.92 Å². The minimum Gasteiger partial charge on any atom is -0.308 e. The van der Waals surface area contributed by atoms with E-state index in [0.29, 0.717) is 22.4 Å². The van der Waals surface area contributed by atoms with Crippen LogP contribution < -0.4 is 4.90 Å². The lowest BCUT2D eigenvalue weighted by molar-refractivity contribution is 0.0976. The molecule has 0 fully saturated rings. The molecule has 9 heteroatoms. The summed E-state index contributed by atoms with van der Waals surface area (Å²) in [7, 11) is 5.74. The van der Waals surface area contributed by atoms with Crippen molar-refractivity contribution in [3.05, 3.63) is 40.7 Å². The second-order valence-corrected chi connectivity index (χ2v) is 7.61. The molecule has 0 bridgehead atoms. The van der Waals surface area contributed by atoms with Crippen molar-refractivity contribution >= 4 is 56.6 Å². The molecule has 0 unspecified atom stereocenters. The third kappa shape index (κ3) is 4.35. The number of anilines is 1. The van der Waals surface area contributed by atoms with Gasteiger partial charge < -0.3 is 4.90 Å². The molecule has 3 rings (SSSR count). The van der Waals surface area contributed by atoms with E-state index in [4.69, 9.17) is 11.6 Å². The van der Waals surface area contributed by atoms with Gasteiger partial charge in [-0.3, -0.25) is 14.4 Å². The van der Waals surface area contributed by atoms with Crippen molar-refractivity contribution in [3.63, 3.8) is 0 Å². The molecular weight excluding hydrogens is 393 g/mol. The Morgan fingerprint density at radius 2 is 2.00 bits per heavy atom. The Bertz CT molecular complexity index is 921. The summed E-state index contributed by atoms with van der Waals surface area (Å²) in [4.78, 5) is 21.5. The monoisotopic (exact) mass is 413 g/mol. The first-order valence-corrected chi connectivity index (χ1v) is 9.08. The number of hydrogen-bond acceptors (Lipinski definition) is 5. The van der Waals surface area contributed by atoms with Gasteiger partial charge in [-0.1, -0.05) is 22.9 Å². The number of carbonyl (C=O) groups excluding carboxylic acids is 1. The first kappa shape index (κ1) is 20.6. The Labute approximate surface area is 167 Å². The molecule has 0 N–H and O–H groups in total. The molecular formula is C17H21Cl2N5OS. The fourth-order valence-electron chi connectivity index (χ4n) is 2.53. The average molecular weight is 414 g/mol. The van der Waals surface area contributed by atoms with E-state index in [0.717, 1.165) is 22.5 Å². The summed E-state index contributed by atoms with van der Waals surface area (Å²) in [6, 6.07) is 7.36. The van der Waals surface area contributed by atoms with Crippen molar-refractivity contribution in [2.24, 2.45) is 7.05 Å². The molecule has 0 aliphatic heterocycles. The largest absolute Gasteiger partial charge is 0.308 e. The van der Waals surface area contributed by atoms with Crippen LogP contribution >= 0.6 is 35.3 Å². The number of nitrogens with zero attached hydrogens (tertiary/aromatic N) is 5. The number of amides is 1. The van der Waals surface area contributed by atoms with Gasteiger partial charge in [-0.15, -0.1) is 12.4 Å². The van der Waals surface area contributed by atoms with Crippen molar-refractivity contribution in [1.29, 1.82) is 0 Å². The topological polar surface area (TPSA) is 54.3 Å². The maximum atomic E-state index is 13.1. The molecule has 0 atom stereocenters. The van der Waals surface area contributed by atoms with Crippen molar-refractivity contribution in [2.75, 3.05) is 32.1 Å². The van der Waals surface area contributed by atoms with Crippen LogP contribution in [0.5, 0.6) is 0 Å². The third-order valence-electron chi connectivity index (χ3n) is 3.81. The molecule has 26 heavy (non-hydrogen) atoms. The minimum atomic E-state index is -0.102. The Balaban J connectivity index is 0.00000243. The number of carbonyl (C=O) groups is 1. The Kier molecular flexibility index (Phi) is 6.63. The highest BCUT2D eigenvalue weighted by Gasteiger charge is 2.24. The normalized spacial score (nSPS) is 11.0. The Morgan fingerprint density at radius 3 is 2.62 bits per heavy atom. The van der Waals surface area contributed by atoms with Crippen molar-refractivity contribution < 1.29 is 4.79 Å². The SMILES string of the molecule is Cc1cc(C(=O)N(CCN(C)C)c2nc3ccc(Cl)cc3s2)n(C)n1.Cl. The highest BCUT2D eigenvalue weighted by molar-refractivity contribution is 7.22. The number of halogens is 2. The van der Waals surface area contributed by atoms with Gasteiger partial charge in [0.1, 0.15) is 5.69 Å². The molecule has 2 aromatic heterocycles. The summed E-state index contributed by atoms with van der Waals surface area (Å²) in [6.45, 7) is 3.16. The lowest BCUT2D eigenvalue weighted by atomic mass is 10.3. The molecule has 1 amide bonds. The molecule has 3 aromatic rings. The number of hydrogen-bond donors (Lipinski definition) is 0. The predicted molar refractivity (Wildman–Crippen MR) is 110 cm³/mol. The number of aryl methyl sites for hydroxylation is 2. The van der Waals surface area contributed by atoms with Crippen molar-refractivity contribution in [1.82, 2.24) is 19.7 Å². The number of aromatic nitrogens is 3. The molecule has 0 saturated carbocycles. The number of likely N-dealkylation sites (N-methyl/N-ethyl adjacent to an activating group) is 1. The van der Waals surface area contributed by atoms with E-state index in [1.807, 2.05) is 44.1 Å². The van der Waals surface area contributed by atoms with Crippen LogP contribution in [0.1, 0.15) is 16.2 Å². The highest BCUT2D eigenvalue weighted by Crippen LogP contribution is 2.31. The van der Waals surface area contributed by atoms with Gasteiger partial charge in [-0.25, -0.2) is 4.98 Å². The van der Waals surface area contributed by atoms with Crippen LogP contribution in [0.4, 0.5) is 5.13 Å². The Hall–Kier alpha value is -1.67. The van der Waals surface area contributed by atoms with Gasteiger partial charge in [-0.05, 0) is 45.3 Å². The maximum absolute atomic E-state index is 13.1. The first-order chi connectivity index (χ1) is 11.8. The van der Waals surface area contributed by atoms with Gasteiger partial charge in [0.2, 0.25) is 0 Å². The summed E-state index contributed by atoms with van der Waals surface area (Å²) >= 11 is 7.54. The second kappa shape index (κ2) is 8.35. The lowest BCUT2D eigenvalue weighted by Gasteiger charge is -2.21. The van der Waals surface area contributed by atoms with E-state index in [-0.39, 0.29) is 18.3 Å². The van der Waals surface area contributed by atoms with E-state index in [1.54, 1.807) is 22.7 Å². The summed E-state index contributed by atoms with van der Waals surface area (Å²) in [6.07, 6.45) is 0. The Morgan fingerprint density at radius 1 is 1.27 bits per heavy atom. The number of thiazole rings is 1. The second-order valence-electron chi connectivity index (χ2n) is 6.16. The zero-order chi connectivity index (χ0) is 18.1. The molecule has 140 valence electrons. The smallest absolute Gasteiger partial charge is 0.278 e. The fourth-order valence-corrected chi connectivity index (χ4v) is 3.80. The quantitative estimate of drug-likeness (QED) is 0.640. The lowest BCUT2D eigenvalue weighted by Crippen LogP contribution is -2.37. The zero-order valence-corrected chi connectivity index (χ0v) is 17.5. The number of fused-ring (bicyclic) bond motifs is 1. The standard InChI is InChI=1S/C17H20ClN5OS.ClH/c1-11-9-14(22(4)20-11)16(24)23(8-7-21(2)3)17-19-13-6-5-12(18)10-15(13)25-17;/h5-6,9-10H,7-8H2,1-4H3;1H. The average Bonchev–Trinajstić information content (AvgIpc) is 3.09. The van der Waals surface area contributed by atoms with E-state index >= 15 is 0 Å². The molecule has 0 spiro atoms. The summed E-state index contributed by atoms with van der Waals surface area (Å²) in [5.41, 5.74) is 2.20. The molecule has 0 saturated heterocycles. The minimum absolute atomic E-state index is 0. The van der Waals surface area contributed by atoms with Gasteiger partial charge in [0.25, 0.3) is 5.91 Å². The van der Waals surface area contributed by atoms with Crippen LogP contribution in [-0.2, 0) is 7.05 Å². The first-order valence-electron chi connectivity index (χ1n) is 7.88. The molecule has 1 aromatic carbocycles. The maximum Gasteiger partial charge on any atom is 0.278 e. The summed E-state index contributed by atoms with van der Waals surface area (Å²) in [5.74, 6) is -0.102. The van der Waals surface area contributed by atoms with E-state index in [9.17, 15) is 4.79 Å². The number of benzene rings is 1. The van der Waals surface area contributed by atoms with Crippen molar-refractivity contribution in [3.8, 4) is 0 Å². The highest BCUT2D eigenvalue weighted by atomic mass is 35.5. The van der Waals surface area contributed by atoms with E-state index < -0.39 is 0 Å². The van der Waals surface area contributed by atoms with Gasteiger partial charge in [-0.2, -0.15) is 5.10 Å². The summed E-state index contributed by atoms with van der Waals surface area (Å²) in [5, 5.41) is 5.61. The van der Waals surface area contributed by atoms with Crippen LogP contribution in [0.15, 0.2) is 24.3 Å². The van der Waals surface area contributed by atoms with E-state index in [1.165, 1.54) is 11.3 Å². The van der Waals surface area contributed by atoms with E-state index in [2.05, 4.69) is 10.1 Å². The molecule has 0 aliphatic carbocycles.